The zero-order valence-corrected chi connectivity index (χ0v) is 11.0. The largest absolute Gasteiger partial charge is 0.493 e. The van der Waals surface area contributed by atoms with E-state index in [1.165, 1.54) is 0 Å². The van der Waals surface area contributed by atoms with Gasteiger partial charge in [0.2, 0.25) is 5.88 Å². The molecule has 1 aromatic heterocycles. The second-order valence-corrected chi connectivity index (χ2v) is 4.44. The highest BCUT2D eigenvalue weighted by Gasteiger charge is 2.20. The summed E-state index contributed by atoms with van der Waals surface area (Å²) in [5.41, 5.74) is 0. The van der Waals surface area contributed by atoms with Crippen molar-refractivity contribution in [2.24, 2.45) is 0 Å². The van der Waals surface area contributed by atoms with Gasteiger partial charge in [0.1, 0.15) is 6.10 Å². The van der Waals surface area contributed by atoms with E-state index in [-0.39, 0.29) is 6.10 Å². The van der Waals surface area contributed by atoms with Crippen LogP contribution in [0.3, 0.4) is 0 Å². The molecule has 0 unspecified atom stereocenters. The molecule has 1 aromatic carbocycles. The number of pyridine rings is 1. The zero-order valence-electron chi connectivity index (χ0n) is 11.0. The van der Waals surface area contributed by atoms with E-state index in [0.717, 1.165) is 23.9 Å². The Hall–Kier alpha value is -2.01. The van der Waals surface area contributed by atoms with E-state index < -0.39 is 0 Å². The number of fused-ring (bicyclic) bond motifs is 1. The fourth-order valence-corrected chi connectivity index (χ4v) is 2.07. The third kappa shape index (κ3) is 2.17. The van der Waals surface area contributed by atoms with E-state index in [9.17, 15) is 0 Å². The first kappa shape index (κ1) is 12.0. The predicted octanol–water partition coefficient (Wildman–Crippen LogP) is 1.60. The van der Waals surface area contributed by atoms with Crippen LogP contribution in [-0.4, -0.2) is 38.4 Å². The molecular formula is C14H16N2O3. The van der Waals surface area contributed by atoms with Gasteiger partial charge in [-0.2, -0.15) is 0 Å². The van der Waals surface area contributed by atoms with E-state index in [0.29, 0.717) is 17.4 Å². The lowest BCUT2D eigenvalue weighted by molar-refractivity contribution is 0.138. The van der Waals surface area contributed by atoms with Crippen molar-refractivity contribution < 1.29 is 14.2 Å². The van der Waals surface area contributed by atoms with E-state index in [4.69, 9.17) is 14.2 Å². The van der Waals surface area contributed by atoms with Gasteiger partial charge < -0.3 is 19.5 Å². The van der Waals surface area contributed by atoms with Crippen molar-refractivity contribution in [3.05, 3.63) is 24.4 Å². The maximum absolute atomic E-state index is 5.87. The lowest BCUT2D eigenvalue weighted by atomic mass is 10.1. The molecule has 0 saturated carbocycles. The van der Waals surface area contributed by atoms with Gasteiger partial charge >= 0.3 is 0 Å². The molecule has 1 aliphatic rings. The molecule has 5 nitrogen and oxygen atoms in total. The van der Waals surface area contributed by atoms with Gasteiger partial charge in [-0.1, -0.05) is 0 Å². The minimum Gasteiger partial charge on any atom is -0.493 e. The Morgan fingerprint density at radius 1 is 1.16 bits per heavy atom. The lowest BCUT2D eigenvalue weighted by Gasteiger charge is -2.27. The second-order valence-electron chi connectivity index (χ2n) is 4.44. The molecule has 2 heterocycles. The van der Waals surface area contributed by atoms with Crippen molar-refractivity contribution in [2.45, 2.75) is 6.10 Å². The Bertz CT molecular complexity index is 597. The summed E-state index contributed by atoms with van der Waals surface area (Å²) in [7, 11) is 3.25. The number of hydrogen-bond acceptors (Lipinski definition) is 5. The quantitative estimate of drug-likeness (QED) is 0.905. The monoisotopic (exact) mass is 260 g/mol. The second kappa shape index (κ2) is 4.93. The van der Waals surface area contributed by atoms with Crippen LogP contribution < -0.4 is 19.5 Å². The number of ether oxygens (including phenoxy) is 3. The van der Waals surface area contributed by atoms with Gasteiger partial charge in [0.15, 0.2) is 11.5 Å². The van der Waals surface area contributed by atoms with Crippen molar-refractivity contribution in [1.82, 2.24) is 10.3 Å². The topological polar surface area (TPSA) is 52.6 Å². The molecule has 2 aromatic rings. The fourth-order valence-electron chi connectivity index (χ4n) is 2.07. The molecule has 3 rings (SSSR count). The van der Waals surface area contributed by atoms with Gasteiger partial charge in [-0.3, -0.25) is 0 Å². The van der Waals surface area contributed by atoms with Crippen molar-refractivity contribution in [2.75, 3.05) is 27.3 Å². The summed E-state index contributed by atoms with van der Waals surface area (Å²) in [4.78, 5) is 4.31. The molecule has 0 amide bonds. The van der Waals surface area contributed by atoms with Gasteiger partial charge in [0, 0.05) is 24.7 Å². The summed E-state index contributed by atoms with van der Waals surface area (Å²) < 4.78 is 16.5. The summed E-state index contributed by atoms with van der Waals surface area (Å²) >= 11 is 0. The Morgan fingerprint density at radius 3 is 2.53 bits per heavy atom. The van der Waals surface area contributed by atoms with Gasteiger partial charge in [-0.15, -0.1) is 0 Å². The van der Waals surface area contributed by atoms with E-state index in [1.807, 2.05) is 18.2 Å². The maximum Gasteiger partial charge on any atom is 0.221 e. The summed E-state index contributed by atoms with van der Waals surface area (Å²) in [6, 6.07) is 5.77. The van der Waals surface area contributed by atoms with Gasteiger partial charge in [-0.25, -0.2) is 4.98 Å². The van der Waals surface area contributed by atoms with Crippen molar-refractivity contribution in [3.63, 3.8) is 0 Å². The summed E-state index contributed by atoms with van der Waals surface area (Å²) in [5, 5.41) is 5.13. The van der Waals surface area contributed by atoms with Gasteiger partial charge in [0.25, 0.3) is 0 Å². The van der Waals surface area contributed by atoms with Crippen LogP contribution in [-0.2, 0) is 0 Å². The molecule has 100 valence electrons. The molecule has 0 bridgehead atoms. The summed E-state index contributed by atoms with van der Waals surface area (Å²) in [5.74, 6) is 2.03. The third-order valence-electron chi connectivity index (χ3n) is 3.25. The number of aromatic nitrogens is 1. The highest BCUT2D eigenvalue weighted by molar-refractivity contribution is 5.89. The SMILES string of the molecule is COc1cc2ccnc(OC3CNC3)c2cc1OC. The molecule has 5 heteroatoms. The number of benzene rings is 1. The van der Waals surface area contributed by atoms with Crippen LogP contribution in [0.15, 0.2) is 24.4 Å². The number of hydrogen-bond donors (Lipinski definition) is 1. The fraction of sp³-hybridized carbons (Fsp3) is 0.357. The molecule has 0 atom stereocenters. The van der Waals surface area contributed by atoms with Crippen LogP contribution in [0.4, 0.5) is 0 Å². The first-order valence-electron chi connectivity index (χ1n) is 6.20. The Morgan fingerprint density at radius 2 is 1.89 bits per heavy atom. The van der Waals surface area contributed by atoms with Gasteiger partial charge in [0.05, 0.1) is 14.2 Å². The highest BCUT2D eigenvalue weighted by atomic mass is 16.5. The Labute approximate surface area is 111 Å². The number of rotatable bonds is 4. The molecule has 1 saturated heterocycles. The van der Waals surface area contributed by atoms with Crippen LogP contribution in [0.5, 0.6) is 17.4 Å². The van der Waals surface area contributed by atoms with E-state index >= 15 is 0 Å². The minimum absolute atomic E-state index is 0.200. The third-order valence-corrected chi connectivity index (χ3v) is 3.25. The maximum atomic E-state index is 5.87. The van der Waals surface area contributed by atoms with E-state index in [2.05, 4.69) is 10.3 Å². The number of nitrogens with zero attached hydrogens (tertiary/aromatic N) is 1. The normalized spacial score (nSPS) is 15.1. The molecular weight excluding hydrogens is 244 g/mol. The lowest BCUT2D eigenvalue weighted by Crippen LogP contribution is -2.50. The number of methoxy groups -OCH3 is 2. The van der Waals surface area contributed by atoms with Crippen LogP contribution in [0.1, 0.15) is 0 Å². The smallest absolute Gasteiger partial charge is 0.221 e. The Kier molecular flexibility index (Phi) is 3.13. The standard InChI is InChI=1S/C14H16N2O3/c1-17-12-5-9-3-4-16-14(19-10-7-15-8-10)11(9)6-13(12)18-2/h3-6,10,15H,7-8H2,1-2H3. The van der Waals surface area contributed by atoms with Gasteiger partial charge in [-0.05, 0) is 23.6 Å². The molecule has 1 fully saturated rings. The average molecular weight is 260 g/mol. The first-order valence-corrected chi connectivity index (χ1v) is 6.20. The van der Waals surface area contributed by atoms with Crippen LogP contribution in [0.25, 0.3) is 10.8 Å². The predicted molar refractivity (Wildman–Crippen MR) is 72.1 cm³/mol. The Balaban J connectivity index is 2.06. The van der Waals surface area contributed by atoms with Crippen LogP contribution >= 0.6 is 0 Å². The van der Waals surface area contributed by atoms with Crippen molar-refractivity contribution in [1.29, 1.82) is 0 Å². The summed E-state index contributed by atoms with van der Waals surface area (Å²) in [6.45, 7) is 1.73. The summed E-state index contributed by atoms with van der Waals surface area (Å²) in [6.07, 6.45) is 1.95. The van der Waals surface area contributed by atoms with Crippen molar-refractivity contribution >= 4 is 10.8 Å². The molecule has 1 N–H and O–H groups in total. The highest BCUT2D eigenvalue weighted by Crippen LogP contribution is 2.35. The zero-order chi connectivity index (χ0) is 13.2. The molecule has 19 heavy (non-hydrogen) atoms. The average Bonchev–Trinajstić information content (AvgIpc) is 2.41. The minimum atomic E-state index is 0.200. The molecule has 0 spiro atoms. The first-order chi connectivity index (χ1) is 9.31. The molecule has 1 aliphatic heterocycles. The molecule has 0 radical (unpaired) electrons. The molecule has 0 aliphatic carbocycles. The van der Waals surface area contributed by atoms with Crippen LogP contribution in [0.2, 0.25) is 0 Å². The van der Waals surface area contributed by atoms with E-state index in [1.54, 1.807) is 20.4 Å². The number of nitrogens with one attached hydrogen (secondary N) is 1. The van der Waals surface area contributed by atoms with Crippen LogP contribution in [0, 0.1) is 0 Å². The van der Waals surface area contributed by atoms with Crippen molar-refractivity contribution in [3.8, 4) is 17.4 Å².